The molecule has 0 aromatic heterocycles. The zero-order valence-corrected chi connectivity index (χ0v) is 23.1. The van der Waals surface area contributed by atoms with Gasteiger partial charge < -0.3 is 9.47 Å². The molecule has 0 N–H and O–H groups in total. The van der Waals surface area contributed by atoms with Crippen LogP contribution in [0.4, 0.5) is 0 Å². The summed E-state index contributed by atoms with van der Waals surface area (Å²) in [6, 6.07) is 21.0. The maximum Gasteiger partial charge on any atom is 0.146 e. The molecule has 0 bridgehead atoms. The number of hydrogen-bond acceptors (Lipinski definition) is 5. The highest BCUT2D eigenvalue weighted by Gasteiger charge is 2.45. The first-order valence-corrected chi connectivity index (χ1v) is 15.0. The Labute approximate surface area is 226 Å². The Kier molecular flexibility index (Phi) is 13.5. The Bertz CT molecular complexity index is 870. The van der Waals surface area contributed by atoms with Gasteiger partial charge in [-0.1, -0.05) is 60.7 Å². The van der Waals surface area contributed by atoms with E-state index in [0.717, 1.165) is 56.5 Å². The van der Waals surface area contributed by atoms with Crippen LogP contribution in [0, 0.1) is 11.3 Å². The van der Waals surface area contributed by atoms with Crippen LogP contribution in [-0.4, -0.2) is 37.8 Å². The van der Waals surface area contributed by atoms with Crippen LogP contribution in [0.2, 0.25) is 0 Å². The van der Waals surface area contributed by atoms with E-state index >= 15 is 0 Å². The second-order valence-corrected chi connectivity index (χ2v) is 11.4. The van der Waals surface area contributed by atoms with Crippen molar-refractivity contribution in [2.45, 2.75) is 54.7 Å². The summed E-state index contributed by atoms with van der Waals surface area (Å²) in [6.45, 7) is 0.886. The summed E-state index contributed by atoms with van der Waals surface area (Å²) in [6.07, 6.45) is 15.6. The Hall–Kier alpha value is -1.79. The van der Waals surface area contributed by atoms with Gasteiger partial charge in [0.05, 0.1) is 6.61 Å². The predicted octanol–water partition coefficient (Wildman–Crippen LogP) is 8.22. The number of ether oxygens (including phenoxy) is 2. The molecule has 2 aromatic carbocycles. The minimum absolute atomic E-state index is 0.122. The molecule has 1 fully saturated rings. The van der Waals surface area contributed by atoms with Crippen LogP contribution < -0.4 is 0 Å². The molecule has 1 atom stereocenters. The van der Waals surface area contributed by atoms with Gasteiger partial charge >= 0.3 is 0 Å². The fourth-order valence-corrected chi connectivity index (χ4v) is 6.36. The van der Waals surface area contributed by atoms with Gasteiger partial charge in [0.25, 0.3) is 0 Å². The largest absolute Gasteiger partial charge is 0.359 e. The molecule has 0 radical (unpaired) electrons. The van der Waals surface area contributed by atoms with Crippen molar-refractivity contribution < 1.29 is 14.3 Å². The molecule has 3 rings (SSSR count). The summed E-state index contributed by atoms with van der Waals surface area (Å²) in [5, 5.41) is 0. The fourth-order valence-electron chi connectivity index (χ4n) is 4.82. The molecular formula is C31H40O3S2. The van der Waals surface area contributed by atoms with Gasteiger partial charge in [-0.3, -0.25) is 4.79 Å². The molecule has 1 aliphatic rings. The van der Waals surface area contributed by atoms with Crippen molar-refractivity contribution in [2.75, 3.05) is 32.0 Å². The summed E-state index contributed by atoms with van der Waals surface area (Å²) in [5.41, 5.74) is -0.195. The van der Waals surface area contributed by atoms with Crippen LogP contribution in [-0.2, 0) is 14.3 Å². The minimum Gasteiger partial charge on any atom is -0.359 e. The van der Waals surface area contributed by atoms with Gasteiger partial charge in [0.15, 0.2) is 0 Å². The molecule has 0 unspecified atom stereocenters. The Morgan fingerprint density at radius 3 is 1.94 bits per heavy atom. The first-order valence-electron chi connectivity index (χ1n) is 13.0. The van der Waals surface area contributed by atoms with Crippen molar-refractivity contribution in [3.05, 3.63) is 85.0 Å². The monoisotopic (exact) mass is 524 g/mol. The summed E-state index contributed by atoms with van der Waals surface area (Å²) < 4.78 is 10.5. The average molecular weight is 525 g/mol. The number of rotatable bonds is 17. The third-order valence-electron chi connectivity index (χ3n) is 6.77. The first-order chi connectivity index (χ1) is 17.7. The smallest absolute Gasteiger partial charge is 0.146 e. The van der Waals surface area contributed by atoms with Crippen LogP contribution >= 0.6 is 23.5 Å². The van der Waals surface area contributed by atoms with Crippen LogP contribution in [0.15, 0.2) is 94.8 Å². The Morgan fingerprint density at radius 2 is 1.42 bits per heavy atom. The highest BCUT2D eigenvalue weighted by molar-refractivity contribution is 7.99. The van der Waals surface area contributed by atoms with Crippen molar-refractivity contribution in [1.82, 2.24) is 0 Å². The van der Waals surface area contributed by atoms with Crippen molar-refractivity contribution >= 4 is 29.3 Å². The van der Waals surface area contributed by atoms with Crippen molar-refractivity contribution in [3.8, 4) is 0 Å². The molecule has 5 heteroatoms. The third kappa shape index (κ3) is 9.93. The average Bonchev–Trinajstić information content (AvgIpc) is 3.22. The minimum atomic E-state index is -0.195. The number of Topliss-reactive ketones (excluding diaryl/α,β-unsaturated/α-hetero) is 1. The molecule has 0 amide bonds. The van der Waals surface area contributed by atoms with Gasteiger partial charge in [0.2, 0.25) is 0 Å². The number of carbonyl (C=O) groups is 1. The lowest BCUT2D eigenvalue weighted by Gasteiger charge is -2.27. The highest BCUT2D eigenvalue weighted by atomic mass is 32.2. The van der Waals surface area contributed by atoms with E-state index in [1.165, 1.54) is 9.79 Å². The van der Waals surface area contributed by atoms with Gasteiger partial charge in [-0.25, -0.2) is 0 Å². The molecule has 1 aliphatic carbocycles. The zero-order chi connectivity index (χ0) is 25.3. The number of carbonyl (C=O) groups excluding carboxylic acids is 1. The van der Waals surface area contributed by atoms with Gasteiger partial charge in [0, 0.05) is 39.7 Å². The van der Waals surface area contributed by atoms with Gasteiger partial charge in [0.1, 0.15) is 12.6 Å². The highest BCUT2D eigenvalue weighted by Crippen LogP contribution is 2.46. The SMILES string of the molecule is COCOCC[C@@H]1CCC(CC/C=C/CSc2ccccc2)(CC/C=C/CSc2ccccc2)C1=O. The van der Waals surface area contributed by atoms with E-state index in [9.17, 15) is 4.79 Å². The number of benzene rings is 2. The lowest BCUT2D eigenvalue weighted by Crippen LogP contribution is -2.29. The molecule has 3 nitrogen and oxygen atoms in total. The first kappa shape index (κ1) is 28.8. The third-order valence-corrected chi connectivity index (χ3v) is 8.70. The fraction of sp³-hybridized carbons (Fsp3) is 0.452. The molecule has 0 saturated heterocycles. The maximum atomic E-state index is 13.6. The summed E-state index contributed by atoms with van der Waals surface area (Å²) in [5.74, 6) is 2.51. The molecule has 2 aromatic rings. The Balaban J connectivity index is 1.48. The van der Waals surface area contributed by atoms with Crippen LogP contribution in [0.3, 0.4) is 0 Å². The van der Waals surface area contributed by atoms with Crippen molar-refractivity contribution in [2.24, 2.45) is 11.3 Å². The molecule has 0 heterocycles. The molecule has 194 valence electrons. The summed E-state index contributed by atoms with van der Waals surface area (Å²) in [4.78, 5) is 16.1. The molecule has 0 aliphatic heterocycles. The topological polar surface area (TPSA) is 35.5 Å². The zero-order valence-electron chi connectivity index (χ0n) is 21.5. The van der Waals surface area contributed by atoms with Crippen LogP contribution in [0.25, 0.3) is 0 Å². The number of thioether (sulfide) groups is 2. The number of hydrogen-bond donors (Lipinski definition) is 0. The normalized spacial score (nSPS) is 17.5. The van der Waals surface area contributed by atoms with E-state index < -0.39 is 0 Å². The van der Waals surface area contributed by atoms with Gasteiger partial charge in [-0.05, 0) is 69.2 Å². The lowest BCUT2D eigenvalue weighted by molar-refractivity contribution is -0.130. The predicted molar refractivity (Wildman–Crippen MR) is 154 cm³/mol. The van der Waals surface area contributed by atoms with E-state index in [1.54, 1.807) is 7.11 Å². The van der Waals surface area contributed by atoms with E-state index in [1.807, 2.05) is 35.7 Å². The molecule has 36 heavy (non-hydrogen) atoms. The number of methoxy groups -OCH3 is 1. The second-order valence-electron chi connectivity index (χ2n) is 9.25. The quantitative estimate of drug-likeness (QED) is 0.0901. The van der Waals surface area contributed by atoms with E-state index in [2.05, 4.69) is 72.8 Å². The second kappa shape index (κ2) is 16.9. The standard InChI is InChI=1S/C31H40O3S2/c1-33-26-34-23-19-27-18-22-31(30(27)32,20-10-4-12-24-35-28-14-6-2-7-15-28)21-11-5-13-25-36-29-16-8-3-9-17-29/h2-9,12-17,27H,10-11,18-26H2,1H3/b12-4+,13-5+/t27-/m0/s1. The van der Waals surface area contributed by atoms with Gasteiger partial charge in [-0.2, -0.15) is 0 Å². The van der Waals surface area contributed by atoms with E-state index in [-0.39, 0.29) is 11.3 Å². The van der Waals surface area contributed by atoms with E-state index in [4.69, 9.17) is 9.47 Å². The van der Waals surface area contributed by atoms with Crippen LogP contribution in [0.1, 0.15) is 44.9 Å². The summed E-state index contributed by atoms with van der Waals surface area (Å²) >= 11 is 3.69. The molecule has 1 saturated carbocycles. The Morgan fingerprint density at radius 1 is 0.861 bits per heavy atom. The summed E-state index contributed by atoms with van der Waals surface area (Å²) in [7, 11) is 1.63. The molecular weight excluding hydrogens is 484 g/mol. The lowest BCUT2D eigenvalue weighted by atomic mass is 9.75. The van der Waals surface area contributed by atoms with Crippen molar-refractivity contribution in [3.63, 3.8) is 0 Å². The van der Waals surface area contributed by atoms with Gasteiger partial charge in [-0.15, -0.1) is 23.5 Å². The molecule has 0 spiro atoms. The number of ketones is 1. The maximum absolute atomic E-state index is 13.6. The number of allylic oxidation sites excluding steroid dienone is 2. The van der Waals surface area contributed by atoms with Crippen LogP contribution in [0.5, 0.6) is 0 Å². The van der Waals surface area contributed by atoms with E-state index in [0.29, 0.717) is 19.2 Å². The van der Waals surface area contributed by atoms with Crippen molar-refractivity contribution in [1.29, 1.82) is 0 Å².